The van der Waals surface area contributed by atoms with Gasteiger partial charge in [-0.2, -0.15) is 5.26 Å². The number of pyridine rings is 1. The average Bonchev–Trinajstić information content (AvgIpc) is 3.22. The van der Waals surface area contributed by atoms with Crippen molar-refractivity contribution in [1.29, 1.82) is 5.26 Å². The van der Waals surface area contributed by atoms with Crippen LogP contribution in [0.1, 0.15) is 10.6 Å². The maximum absolute atomic E-state index is 9.64. The number of nitrogens with zero attached hydrogens (tertiary/aromatic N) is 3. The van der Waals surface area contributed by atoms with Crippen molar-refractivity contribution in [3.8, 4) is 34.6 Å². The summed E-state index contributed by atoms with van der Waals surface area (Å²) >= 11 is 1.43. The largest absolute Gasteiger partial charge is 0.493 e. The number of aromatic nitrogens is 2. The molecule has 7 heteroatoms. The van der Waals surface area contributed by atoms with Gasteiger partial charge >= 0.3 is 0 Å². The van der Waals surface area contributed by atoms with Crippen LogP contribution in [0.5, 0.6) is 17.2 Å². The summed E-state index contributed by atoms with van der Waals surface area (Å²) in [5.74, 6) is 1.78. The van der Waals surface area contributed by atoms with E-state index in [1.807, 2.05) is 29.6 Å². The van der Waals surface area contributed by atoms with Gasteiger partial charge in [-0.25, -0.2) is 4.98 Å². The summed E-state index contributed by atoms with van der Waals surface area (Å²) in [4.78, 5) is 8.60. The van der Waals surface area contributed by atoms with Gasteiger partial charge < -0.3 is 14.2 Å². The van der Waals surface area contributed by atoms with E-state index in [0.29, 0.717) is 41.0 Å². The topological polar surface area (TPSA) is 77.3 Å². The van der Waals surface area contributed by atoms with E-state index < -0.39 is 0 Å². The number of benzene rings is 1. The van der Waals surface area contributed by atoms with Gasteiger partial charge in [0.25, 0.3) is 0 Å². The molecule has 0 saturated heterocycles. The first-order valence-corrected chi connectivity index (χ1v) is 9.12. The van der Waals surface area contributed by atoms with Crippen LogP contribution in [0.15, 0.2) is 42.0 Å². The van der Waals surface area contributed by atoms with Gasteiger partial charge in [0.15, 0.2) is 11.5 Å². The highest BCUT2D eigenvalue weighted by atomic mass is 32.1. The number of hydrogen-bond donors (Lipinski definition) is 0. The second kappa shape index (κ2) is 7.48. The van der Waals surface area contributed by atoms with Crippen molar-refractivity contribution in [1.82, 2.24) is 9.97 Å². The Bertz CT molecular complexity index is 1020. The maximum Gasteiger partial charge on any atom is 0.203 e. The Balaban J connectivity index is 1.70. The SMILES string of the molecule is COc1cc(/C=C(/C#N)c2nc(-c3ccncc3)cs2)cc2c1OCCO2. The first kappa shape index (κ1) is 17.1. The summed E-state index contributed by atoms with van der Waals surface area (Å²) in [6.07, 6.45) is 5.21. The van der Waals surface area contributed by atoms with E-state index in [-0.39, 0.29) is 0 Å². The lowest BCUT2D eigenvalue weighted by atomic mass is 10.1. The van der Waals surface area contributed by atoms with Crippen molar-refractivity contribution in [2.45, 2.75) is 0 Å². The Morgan fingerprint density at radius 3 is 2.85 bits per heavy atom. The van der Waals surface area contributed by atoms with Gasteiger partial charge in [0.05, 0.1) is 18.4 Å². The standard InChI is InChI=1S/C20H15N3O3S/c1-24-17-9-13(10-18-19(17)26-7-6-25-18)8-15(11-21)20-23-16(12-27-20)14-2-4-22-5-3-14/h2-5,8-10,12H,6-7H2,1H3/b15-8-. The highest BCUT2D eigenvalue weighted by molar-refractivity contribution is 7.11. The molecule has 0 N–H and O–H groups in total. The molecule has 27 heavy (non-hydrogen) atoms. The zero-order chi connectivity index (χ0) is 18.6. The second-order valence-electron chi connectivity index (χ2n) is 5.69. The van der Waals surface area contributed by atoms with Crippen LogP contribution in [0.4, 0.5) is 0 Å². The highest BCUT2D eigenvalue weighted by Crippen LogP contribution is 2.41. The van der Waals surface area contributed by atoms with Gasteiger partial charge in [0.1, 0.15) is 24.3 Å². The van der Waals surface area contributed by atoms with E-state index in [9.17, 15) is 5.26 Å². The molecule has 1 aliphatic rings. The summed E-state index contributed by atoms with van der Waals surface area (Å²) < 4.78 is 16.7. The molecule has 0 aliphatic carbocycles. The minimum absolute atomic E-state index is 0.471. The van der Waals surface area contributed by atoms with Crippen LogP contribution >= 0.6 is 11.3 Å². The van der Waals surface area contributed by atoms with Gasteiger partial charge in [0, 0.05) is 23.3 Å². The Labute approximate surface area is 160 Å². The normalized spacial score (nSPS) is 13.1. The molecule has 0 spiro atoms. The number of thiazole rings is 1. The lowest BCUT2D eigenvalue weighted by Crippen LogP contribution is -2.16. The number of methoxy groups -OCH3 is 1. The third-order valence-corrected chi connectivity index (χ3v) is 4.87. The molecule has 6 nitrogen and oxygen atoms in total. The minimum Gasteiger partial charge on any atom is -0.493 e. The van der Waals surface area contributed by atoms with E-state index in [1.54, 1.807) is 25.6 Å². The van der Waals surface area contributed by atoms with Crippen LogP contribution in [0.25, 0.3) is 22.9 Å². The van der Waals surface area contributed by atoms with Gasteiger partial charge in [-0.05, 0) is 35.9 Å². The molecule has 0 amide bonds. The summed E-state index contributed by atoms with van der Waals surface area (Å²) in [7, 11) is 1.58. The Morgan fingerprint density at radius 2 is 2.07 bits per heavy atom. The summed E-state index contributed by atoms with van der Waals surface area (Å²) in [5, 5.41) is 12.2. The predicted molar refractivity (Wildman–Crippen MR) is 103 cm³/mol. The molecular weight excluding hydrogens is 362 g/mol. The van der Waals surface area contributed by atoms with Crippen LogP contribution in [0.3, 0.4) is 0 Å². The number of fused-ring (bicyclic) bond motifs is 1. The maximum atomic E-state index is 9.64. The highest BCUT2D eigenvalue weighted by Gasteiger charge is 2.18. The molecule has 2 aromatic heterocycles. The van der Waals surface area contributed by atoms with E-state index in [0.717, 1.165) is 16.8 Å². The van der Waals surface area contributed by atoms with E-state index >= 15 is 0 Å². The summed E-state index contributed by atoms with van der Waals surface area (Å²) in [6.45, 7) is 0.967. The first-order valence-electron chi connectivity index (χ1n) is 8.24. The Kier molecular flexibility index (Phi) is 4.73. The third-order valence-electron chi connectivity index (χ3n) is 3.99. The monoisotopic (exact) mass is 377 g/mol. The third kappa shape index (κ3) is 3.48. The minimum atomic E-state index is 0.471. The molecule has 3 aromatic rings. The van der Waals surface area contributed by atoms with Crippen LogP contribution < -0.4 is 14.2 Å². The molecule has 134 valence electrons. The number of nitriles is 1. The second-order valence-corrected chi connectivity index (χ2v) is 6.55. The van der Waals surface area contributed by atoms with Gasteiger partial charge in [-0.1, -0.05) is 0 Å². The average molecular weight is 377 g/mol. The molecule has 0 radical (unpaired) electrons. The number of rotatable bonds is 4. The fourth-order valence-electron chi connectivity index (χ4n) is 2.74. The van der Waals surface area contributed by atoms with E-state index in [1.165, 1.54) is 11.3 Å². The first-order chi connectivity index (χ1) is 13.3. The summed E-state index contributed by atoms with van der Waals surface area (Å²) in [6, 6.07) is 9.67. The van der Waals surface area contributed by atoms with E-state index in [2.05, 4.69) is 16.0 Å². The molecule has 3 heterocycles. The van der Waals surface area contributed by atoms with Crippen molar-refractivity contribution in [2.75, 3.05) is 20.3 Å². The fraction of sp³-hybridized carbons (Fsp3) is 0.150. The lowest BCUT2D eigenvalue weighted by Gasteiger charge is -2.21. The predicted octanol–water partition coefficient (Wildman–Crippen LogP) is 4.05. The Morgan fingerprint density at radius 1 is 1.26 bits per heavy atom. The van der Waals surface area contributed by atoms with Crippen molar-refractivity contribution < 1.29 is 14.2 Å². The molecular formula is C20H15N3O3S. The molecule has 1 aromatic carbocycles. The molecule has 0 bridgehead atoms. The quantitative estimate of drug-likeness (QED) is 0.639. The smallest absolute Gasteiger partial charge is 0.203 e. The molecule has 0 saturated carbocycles. The van der Waals surface area contributed by atoms with Crippen molar-refractivity contribution >= 4 is 23.0 Å². The molecule has 0 atom stereocenters. The molecule has 0 fully saturated rings. The van der Waals surface area contributed by atoms with Crippen molar-refractivity contribution in [2.24, 2.45) is 0 Å². The zero-order valence-electron chi connectivity index (χ0n) is 14.5. The van der Waals surface area contributed by atoms with Crippen LogP contribution in [-0.2, 0) is 0 Å². The van der Waals surface area contributed by atoms with Crippen LogP contribution in [0.2, 0.25) is 0 Å². The lowest BCUT2D eigenvalue weighted by molar-refractivity contribution is 0.165. The molecule has 0 unspecified atom stereocenters. The number of allylic oxidation sites excluding steroid dienone is 1. The Hall–Kier alpha value is -3.37. The van der Waals surface area contributed by atoms with Crippen LogP contribution in [-0.4, -0.2) is 30.3 Å². The van der Waals surface area contributed by atoms with Crippen LogP contribution in [0, 0.1) is 11.3 Å². The van der Waals surface area contributed by atoms with Gasteiger partial charge in [-0.15, -0.1) is 11.3 Å². The molecule has 4 rings (SSSR count). The van der Waals surface area contributed by atoms with Crippen molar-refractivity contribution in [3.63, 3.8) is 0 Å². The van der Waals surface area contributed by atoms with Crippen molar-refractivity contribution in [3.05, 3.63) is 52.6 Å². The number of hydrogen-bond acceptors (Lipinski definition) is 7. The number of ether oxygens (including phenoxy) is 3. The molecule has 1 aliphatic heterocycles. The van der Waals surface area contributed by atoms with Gasteiger partial charge in [-0.3, -0.25) is 4.98 Å². The van der Waals surface area contributed by atoms with Gasteiger partial charge in [0.2, 0.25) is 5.75 Å². The zero-order valence-corrected chi connectivity index (χ0v) is 15.3. The fourth-order valence-corrected chi connectivity index (χ4v) is 3.53. The summed E-state index contributed by atoms with van der Waals surface area (Å²) in [5.41, 5.74) is 3.04. The van der Waals surface area contributed by atoms with E-state index in [4.69, 9.17) is 14.2 Å².